The van der Waals surface area contributed by atoms with E-state index < -0.39 is 15.6 Å². The summed E-state index contributed by atoms with van der Waals surface area (Å²) in [5.74, 6) is -0.562. The summed E-state index contributed by atoms with van der Waals surface area (Å²) in [4.78, 5) is 11.8. The smallest absolute Gasteiger partial charge is 0.222 e. The molecule has 2 aliphatic rings. The van der Waals surface area contributed by atoms with Crippen molar-refractivity contribution in [1.82, 2.24) is 4.31 Å². The van der Waals surface area contributed by atoms with Crippen molar-refractivity contribution in [1.29, 1.82) is 0 Å². The molecule has 1 unspecified atom stereocenters. The zero-order valence-electron chi connectivity index (χ0n) is 8.73. The summed E-state index contributed by atoms with van der Waals surface area (Å²) in [6, 6.07) is 0. The normalized spacial score (nSPS) is 36.2. The van der Waals surface area contributed by atoms with Gasteiger partial charge in [-0.15, -0.1) is 0 Å². The number of sulfonamides is 1. The van der Waals surface area contributed by atoms with Crippen molar-refractivity contribution < 1.29 is 17.9 Å². The first-order chi connectivity index (χ1) is 7.03. The lowest BCUT2D eigenvalue weighted by atomic mass is 9.88. The second-order valence-electron chi connectivity index (χ2n) is 4.03. The first-order valence-corrected chi connectivity index (χ1v) is 6.75. The average molecular weight is 233 g/mol. The van der Waals surface area contributed by atoms with Crippen LogP contribution >= 0.6 is 0 Å². The van der Waals surface area contributed by atoms with Gasteiger partial charge in [0.2, 0.25) is 10.0 Å². The zero-order valence-corrected chi connectivity index (χ0v) is 9.55. The summed E-state index contributed by atoms with van der Waals surface area (Å²) in [7, 11) is -3.39. The average Bonchev–Trinajstić information content (AvgIpc) is 2.35. The van der Waals surface area contributed by atoms with Crippen molar-refractivity contribution in [3.05, 3.63) is 0 Å². The van der Waals surface area contributed by atoms with Crippen LogP contribution in [0.3, 0.4) is 0 Å². The van der Waals surface area contributed by atoms with Gasteiger partial charge in [-0.1, -0.05) is 6.92 Å². The summed E-state index contributed by atoms with van der Waals surface area (Å²) >= 11 is 0. The molecule has 2 heterocycles. The maximum absolute atomic E-state index is 11.8. The molecule has 5 nitrogen and oxygen atoms in total. The van der Waals surface area contributed by atoms with Crippen molar-refractivity contribution in [3.8, 4) is 0 Å². The molecule has 0 bridgehead atoms. The molecule has 2 rings (SSSR count). The molecule has 0 amide bonds. The summed E-state index contributed by atoms with van der Waals surface area (Å²) in [5, 5.41) is 0. The standard InChI is InChI=1S/C9H15NO4S/c1-2-10-9(4-3-5-14-7-9)8(11)6-15(10,12)13/h2-7H2,1H3. The molecule has 0 saturated carbocycles. The predicted octanol–water partition coefficient (Wildman–Crippen LogP) is -0.230. The minimum absolute atomic E-state index is 0.205. The Kier molecular flexibility index (Phi) is 2.60. The van der Waals surface area contributed by atoms with E-state index in [-0.39, 0.29) is 18.1 Å². The number of ether oxygens (including phenoxy) is 1. The van der Waals surface area contributed by atoms with E-state index in [0.717, 1.165) is 6.42 Å². The van der Waals surface area contributed by atoms with E-state index in [4.69, 9.17) is 4.74 Å². The van der Waals surface area contributed by atoms with Gasteiger partial charge in [0.25, 0.3) is 0 Å². The van der Waals surface area contributed by atoms with E-state index in [9.17, 15) is 13.2 Å². The second-order valence-corrected chi connectivity index (χ2v) is 5.93. The molecule has 0 N–H and O–H groups in total. The Bertz CT molecular complexity index is 370. The first kappa shape index (κ1) is 11.0. The molecule has 0 aromatic rings. The van der Waals surface area contributed by atoms with Gasteiger partial charge in [0.1, 0.15) is 11.3 Å². The molecule has 0 radical (unpaired) electrons. The summed E-state index contributed by atoms with van der Waals surface area (Å²) in [5.41, 5.74) is -0.883. The van der Waals surface area contributed by atoms with Crippen molar-refractivity contribution in [2.75, 3.05) is 25.5 Å². The van der Waals surface area contributed by atoms with Crippen LogP contribution in [0.15, 0.2) is 0 Å². The minimum Gasteiger partial charge on any atom is -0.379 e. The fourth-order valence-electron chi connectivity index (χ4n) is 2.48. The summed E-state index contributed by atoms with van der Waals surface area (Å²) in [6.45, 7) is 2.94. The SMILES string of the molecule is CCN1C2(CCCOC2)C(=O)CS1(=O)=O. The van der Waals surface area contributed by atoms with Crippen LogP contribution in [-0.4, -0.2) is 49.6 Å². The maximum atomic E-state index is 11.8. The number of carbonyl (C=O) groups is 1. The van der Waals surface area contributed by atoms with Crippen molar-refractivity contribution >= 4 is 15.8 Å². The molecule has 1 spiro atoms. The second kappa shape index (κ2) is 3.54. The van der Waals surface area contributed by atoms with Gasteiger partial charge in [0.15, 0.2) is 5.78 Å². The third-order valence-corrected chi connectivity index (χ3v) is 5.06. The molecule has 6 heteroatoms. The molecule has 2 aliphatic heterocycles. The highest BCUT2D eigenvalue weighted by Crippen LogP contribution is 2.35. The fourth-order valence-corrected chi connectivity index (χ4v) is 4.41. The van der Waals surface area contributed by atoms with Gasteiger partial charge in [-0.3, -0.25) is 4.79 Å². The highest BCUT2D eigenvalue weighted by Gasteiger charge is 2.56. The number of hydrogen-bond acceptors (Lipinski definition) is 4. The van der Waals surface area contributed by atoms with E-state index in [2.05, 4.69) is 0 Å². The van der Waals surface area contributed by atoms with Crippen LogP contribution in [0.4, 0.5) is 0 Å². The number of carbonyl (C=O) groups excluding carboxylic acids is 1. The van der Waals surface area contributed by atoms with E-state index in [0.29, 0.717) is 19.6 Å². The third kappa shape index (κ3) is 1.51. The first-order valence-electron chi connectivity index (χ1n) is 5.14. The highest BCUT2D eigenvalue weighted by molar-refractivity contribution is 7.90. The number of rotatable bonds is 1. The molecule has 0 aromatic carbocycles. The molecule has 86 valence electrons. The topological polar surface area (TPSA) is 63.7 Å². The van der Waals surface area contributed by atoms with E-state index in [1.165, 1.54) is 4.31 Å². The highest BCUT2D eigenvalue weighted by atomic mass is 32.2. The quantitative estimate of drug-likeness (QED) is 0.627. The maximum Gasteiger partial charge on any atom is 0.222 e. The van der Waals surface area contributed by atoms with Crippen molar-refractivity contribution in [2.24, 2.45) is 0 Å². The van der Waals surface area contributed by atoms with Gasteiger partial charge in [0, 0.05) is 13.2 Å². The predicted molar refractivity (Wildman–Crippen MR) is 54.0 cm³/mol. The Morgan fingerprint density at radius 3 is 2.80 bits per heavy atom. The number of nitrogens with zero attached hydrogens (tertiary/aromatic N) is 1. The summed E-state index contributed by atoms with van der Waals surface area (Å²) in [6.07, 6.45) is 1.34. The lowest BCUT2D eigenvalue weighted by molar-refractivity contribution is -0.131. The molecule has 0 aliphatic carbocycles. The molecule has 1 atom stereocenters. The Morgan fingerprint density at radius 1 is 1.53 bits per heavy atom. The van der Waals surface area contributed by atoms with E-state index in [1.54, 1.807) is 6.92 Å². The monoisotopic (exact) mass is 233 g/mol. The molecule has 2 saturated heterocycles. The van der Waals surface area contributed by atoms with Crippen molar-refractivity contribution in [2.45, 2.75) is 25.3 Å². The van der Waals surface area contributed by atoms with Crippen LogP contribution in [0, 0.1) is 0 Å². The van der Waals surface area contributed by atoms with Gasteiger partial charge < -0.3 is 4.74 Å². The number of ketones is 1. The fraction of sp³-hybridized carbons (Fsp3) is 0.889. The van der Waals surface area contributed by atoms with E-state index >= 15 is 0 Å². The van der Waals surface area contributed by atoms with Gasteiger partial charge in [0.05, 0.1) is 6.61 Å². The van der Waals surface area contributed by atoms with Crippen LogP contribution in [-0.2, 0) is 19.6 Å². The van der Waals surface area contributed by atoms with Gasteiger partial charge in [-0.2, -0.15) is 4.31 Å². The third-order valence-electron chi connectivity index (χ3n) is 3.15. The molecule has 15 heavy (non-hydrogen) atoms. The molecule has 2 fully saturated rings. The van der Waals surface area contributed by atoms with Crippen LogP contribution in [0.1, 0.15) is 19.8 Å². The lowest BCUT2D eigenvalue weighted by Crippen LogP contribution is -2.54. The number of Topliss-reactive ketones (excluding diaryl/α,β-unsaturated/α-hetero) is 1. The Morgan fingerprint density at radius 2 is 2.27 bits per heavy atom. The Labute approximate surface area is 89.4 Å². The van der Waals surface area contributed by atoms with Crippen LogP contribution < -0.4 is 0 Å². The van der Waals surface area contributed by atoms with Gasteiger partial charge in [-0.25, -0.2) is 8.42 Å². The molecular formula is C9H15NO4S. The Hall–Kier alpha value is -0.460. The minimum atomic E-state index is -3.39. The largest absolute Gasteiger partial charge is 0.379 e. The lowest BCUT2D eigenvalue weighted by Gasteiger charge is -2.37. The van der Waals surface area contributed by atoms with E-state index in [1.807, 2.05) is 0 Å². The summed E-state index contributed by atoms with van der Waals surface area (Å²) < 4.78 is 30.0. The number of hydrogen-bond donors (Lipinski definition) is 0. The van der Waals surface area contributed by atoms with Crippen LogP contribution in [0.5, 0.6) is 0 Å². The van der Waals surface area contributed by atoms with Gasteiger partial charge >= 0.3 is 0 Å². The van der Waals surface area contributed by atoms with Crippen LogP contribution in [0.2, 0.25) is 0 Å². The van der Waals surface area contributed by atoms with Crippen LogP contribution in [0.25, 0.3) is 0 Å². The van der Waals surface area contributed by atoms with Crippen molar-refractivity contribution in [3.63, 3.8) is 0 Å². The zero-order chi connectivity index (χ0) is 11.1. The number of likely N-dealkylation sites (N-methyl/N-ethyl adjacent to an activating group) is 1. The Balaban J connectivity index is 2.41. The molecule has 0 aromatic heterocycles. The van der Waals surface area contributed by atoms with Gasteiger partial charge in [-0.05, 0) is 12.8 Å². The molecular weight excluding hydrogens is 218 g/mol.